The van der Waals surface area contributed by atoms with E-state index in [1.165, 1.54) is 18.7 Å². The van der Waals surface area contributed by atoms with Crippen LogP contribution in [0.2, 0.25) is 0 Å². The number of para-hydroxylation sites is 2. The molecule has 5 nitrogen and oxygen atoms in total. The number of carbonyl (C=O) groups is 1. The number of ketones is 1. The van der Waals surface area contributed by atoms with Gasteiger partial charge in [-0.1, -0.05) is 12.1 Å². The van der Waals surface area contributed by atoms with Crippen LogP contribution in [0.1, 0.15) is 16.2 Å². The van der Waals surface area contributed by atoms with Gasteiger partial charge in [-0.15, -0.1) is 0 Å². The van der Waals surface area contributed by atoms with Crippen molar-refractivity contribution >= 4 is 16.8 Å². The van der Waals surface area contributed by atoms with Crippen LogP contribution in [0, 0.1) is 0 Å². The maximum atomic E-state index is 12.1. The minimum absolute atomic E-state index is 0.0287. The zero-order chi connectivity index (χ0) is 13.2. The highest BCUT2D eigenvalue weighted by Crippen LogP contribution is 2.15. The molecule has 3 aromatic rings. The summed E-state index contributed by atoms with van der Waals surface area (Å²) in [6.07, 6.45) is 4.71. The number of rotatable bonds is 3. The number of hydrogen-bond donors (Lipinski definition) is 0. The van der Waals surface area contributed by atoms with E-state index in [-0.39, 0.29) is 12.2 Å². The van der Waals surface area contributed by atoms with E-state index in [1.54, 1.807) is 0 Å². The molecule has 0 unspecified atom stereocenters. The van der Waals surface area contributed by atoms with Crippen molar-refractivity contribution in [3.05, 3.63) is 54.4 Å². The maximum Gasteiger partial charge on any atom is 0.173 e. The van der Waals surface area contributed by atoms with E-state index in [0.717, 1.165) is 16.9 Å². The Bertz CT molecular complexity index is 734. The second-order valence-corrected chi connectivity index (χ2v) is 4.30. The van der Waals surface area contributed by atoms with Crippen LogP contribution >= 0.6 is 0 Å². The largest absolute Gasteiger partial charge is 0.331 e. The number of hydrogen-bond acceptors (Lipinski definition) is 4. The molecule has 0 radical (unpaired) electrons. The van der Waals surface area contributed by atoms with Crippen molar-refractivity contribution in [2.45, 2.75) is 6.42 Å². The third kappa shape index (κ3) is 2.10. The summed E-state index contributed by atoms with van der Waals surface area (Å²) in [6.45, 7) is 0. The van der Waals surface area contributed by atoms with E-state index in [1.807, 2.05) is 35.9 Å². The molecule has 0 aliphatic heterocycles. The van der Waals surface area contributed by atoms with Gasteiger partial charge in [0.05, 0.1) is 23.0 Å². The number of carbonyl (C=O) groups excluding carboxylic acids is 1. The zero-order valence-corrected chi connectivity index (χ0v) is 10.4. The Kier molecular flexibility index (Phi) is 2.79. The number of benzene rings is 1. The summed E-state index contributed by atoms with van der Waals surface area (Å²) in [4.78, 5) is 24.3. The van der Waals surface area contributed by atoms with Crippen molar-refractivity contribution in [2.24, 2.45) is 7.05 Å². The second-order valence-electron chi connectivity index (χ2n) is 4.30. The van der Waals surface area contributed by atoms with Gasteiger partial charge in [-0.3, -0.25) is 4.79 Å². The predicted octanol–water partition coefficient (Wildman–Crippen LogP) is 1.79. The Morgan fingerprint density at radius 3 is 2.68 bits per heavy atom. The number of imidazole rings is 1. The van der Waals surface area contributed by atoms with Crippen LogP contribution in [0.4, 0.5) is 0 Å². The molecule has 5 heteroatoms. The van der Waals surface area contributed by atoms with Crippen molar-refractivity contribution < 1.29 is 4.79 Å². The second kappa shape index (κ2) is 4.61. The molecular formula is C14H12N4O. The Balaban J connectivity index is 1.94. The first-order chi connectivity index (χ1) is 9.25. The molecule has 0 bridgehead atoms. The Morgan fingerprint density at radius 2 is 1.95 bits per heavy atom. The third-order valence-corrected chi connectivity index (χ3v) is 3.08. The summed E-state index contributed by atoms with van der Waals surface area (Å²) in [6, 6.07) is 7.82. The van der Waals surface area contributed by atoms with E-state index < -0.39 is 0 Å². The monoisotopic (exact) mass is 252 g/mol. The molecule has 3 rings (SSSR count). The van der Waals surface area contributed by atoms with Crippen molar-refractivity contribution in [3.63, 3.8) is 0 Å². The summed E-state index contributed by atoms with van der Waals surface area (Å²) in [7, 11) is 1.92. The van der Waals surface area contributed by atoms with Crippen LogP contribution in [0.5, 0.6) is 0 Å². The molecule has 0 fully saturated rings. The van der Waals surface area contributed by atoms with Gasteiger partial charge >= 0.3 is 0 Å². The number of aryl methyl sites for hydroxylation is 1. The minimum atomic E-state index is -0.0287. The molecule has 2 heterocycles. The van der Waals surface area contributed by atoms with E-state index in [0.29, 0.717) is 5.56 Å². The molecule has 0 aliphatic carbocycles. The van der Waals surface area contributed by atoms with Gasteiger partial charge in [0.15, 0.2) is 5.78 Å². The number of Topliss-reactive ketones (excluding diaryl/α,β-unsaturated/α-hetero) is 1. The van der Waals surface area contributed by atoms with Crippen LogP contribution in [0.15, 0.2) is 43.0 Å². The fraction of sp³-hybridized carbons (Fsp3) is 0.143. The van der Waals surface area contributed by atoms with Gasteiger partial charge in [-0.2, -0.15) is 0 Å². The first-order valence-corrected chi connectivity index (χ1v) is 5.94. The first kappa shape index (κ1) is 11.5. The normalized spacial score (nSPS) is 10.8. The van der Waals surface area contributed by atoms with Crippen LogP contribution in [0.25, 0.3) is 11.0 Å². The molecule has 2 aromatic heterocycles. The van der Waals surface area contributed by atoms with Gasteiger partial charge in [-0.25, -0.2) is 15.0 Å². The SMILES string of the molecule is Cn1c(CC(=O)c2cncnc2)nc2ccccc21. The van der Waals surface area contributed by atoms with Crippen molar-refractivity contribution in [1.29, 1.82) is 0 Å². The van der Waals surface area contributed by atoms with Crippen LogP contribution in [-0.4, -0.2) is 25.3 Å². The molecule has 1 aromatic carbocycles. The van der Waals surface area contributed by atoms with Gasteiger partial charge in [0, 0.05) is 19.4 Å². The van der Waals surface area contributed by atoms with E-state index in [9.17, 15) is 4.79 Å². The number of nitrogens with zero attached hydrogens (tertiary/aromatic N) is 4. The lowest BCUT2D eigenvalue weighted by Gasteiger charge is -2.01. The smallest absolute Gasteiger partial charge is 0.173 e. The minimum Gasteiger partial charge on any atom is -0.331 e. The zero-order valence-electron chi connectivity index (χ0n) is 10.4. The van der Waals surface area contributed by atoms with Gasteiger partial charge in [0.2, 0.25) is 0 Å². The van der Waals surface area contributed by atoms with E-state index in [2.05, 4.69) is 15.0 Å². The quantitative estimate of drug-likeness (QED) is 0.667. The fourth-order valence-electron chi connectivity index (χ4n) is 2.04. The Labute approximate surface area is 110 Å². The van der Waals surface area contributed by atoms with E-state index >= 15 is 0 Å². The molecule has 94 valence electrons. The summed E-state index contributed by atoms with van der Waals surface area (Å²) < 4.78 is 1.94. The average Bonchev–Trinajstić information content (AvgIpc) is 2.77. The molecule has 0 saturated heterocycles. The lowest BCUT2D eigenvalue weighted by Crippen LogP contribution is -2.09. The molecule has 0 atom stereocenters. The summed E-state index contributed by atoms with van der Waals surface area (Å²) in [5.41, 5.74) is 2.43. The summed E-state index contributed by atoms with van der Waals surface area (Å²) in [5.74, 6) is 0.717. The van der Waals surface area contributed by atoms with Gasteiger partial charge in [0.25, 0.3) is 0 Å². The van der Waals surface area contributed by atoms with Crippen molar-refractivity contribution in [3.8, 4) is 0 Å². The molecule has 19 heavy (non-hydrogen) atoms. The molecule has 0 aliphatic rings. The van der Waals surface area contributed by atoms with Crippen molar-refractivity contribution in [2.75, 3.05) is 0 Å². The summed E-state index contributed by atoms with van der Waals surface area (Å²) >= 11 is 0. The van der Waals surface area contributed by atoms with Crippen LogP contribution in [-0.2, 0) is 13.5 Å². The lowest BCUT2D eigenvalue weighted by atomic mass is 10.1. The summed E-state index contributed by atoms with van der Waals surface area (Å²) in [5, 5.41) is 0. The standard InChI is InChI=1S/C14H12N4O/c1-18-12-5-3-2-4-11(12)17-14(18)6-13(19)10-7-15-9-16-8-10/h2-5,7-9H,6H2,1H3. The third-order valence-electron chi connectivity index (χ3n) is 3.08. The number of aromatic nitrogens is 4. The average molecular weight is 252 g/mol. The number of fused-ring (bicyclic) bond motifs is 1. The topological polar surface area (TPSA) is 60.7 Å². The van der Waals surface area contributed by atoms with Gasteiger partial charge in [-0.05, 0) is 12.1 Å². The van der Waals surface area contributed by atoms with Gasteiger partial charge in [0.1, 0.15) is 12.2 Å². The van der Waals surface area contributed by atoms with Crippen LogP contribution in [0.3, 0.4) is 0 Å². The highest BCUT2D eigenvalue weighted by molar-refractivity contribution is 5.97. The molecule has 0 spiro atoms. The molecule has 0 N–H and O–H groups in total. The highest BCUT2D eigenvalue weighted by Gasteiger charge is 2.13. The van der Waals surface area contributed by atoms with Gasteiger partial charge < -0.3 is 4.57 Å². The van der Waals surface area contributed by atoms with Crippen molar-refractivity contribution in [1.82, 2.24) is 19.5 Å². The van der Waals surface area contributed by atoms with Crippen LogP contribution < -0.4 is 0 Å². The lowest BCUT2D eigenvalue weighted by molar-refractivity contribution is 0.0989. The first-order valence-electron chi connectivity index (χ1n) is 5.94. The Morgan fingerprint density at radius 1 is 1.21 bits per heavy atom. The maximum absolute atomic E-state index is 12.1. The molecule has 0 saturated carbocycles. The predicted molar refractivity (Wildman–Crippen MR) is 70.8 cm³/mol. The Hall–Kier alpha value is -2.56. The molecular weight excluding hydrogens is 240 g/mol. The molecule has 0 amide bonds. The van der Waals surface area contributed by atoms with E-state index in [4.69, 9.17) is 0 Å². The fourth-order valence-corrected chi connectivity index (χ4v) is 2.04. The highest BCUT2D eigenvalue weighted by atomic mass is 16.1.